The van der Waals surface area contributed by atoms with Gasteiger partial charge in [0.2, 0.25) is 0 Å². The van der Waals surface area contributed by atoms with Crippen LogP contribution in [0.5, 0.6) is 0 Å². The fourth-order valence-corrected chi connectivity index (χ4v) is 5.98. The molecule has 3 fully saturated rings. The van der Waals surface area contributed by atoms with Gasteiger partial charge in [-0.25, -0.2) is 0 Å². The largest absolute Gasteiger partial charge is 0.325 e. The number of unbranched alkanes of at least 4 members (excludes halogenated alkanes) is 2. The van der Waals surface area contributed by atoms with Gasteiger partial charge < -0.3 is 5.73 Å². The average molecular weight is 302 g/mol. The maximum Gasteiger partial charge on any atom is 0.0222 e. The molecule has 0 spiro atoms. The average Bonchev–Trinajstić information content (AvgIpc) is 2.81. The van der Waals surface area contributed by atoms with Crippen molar-refractivity contribution in [2.24, 2.45) is 28.9 Å². The molecule has 5 atom stereocenters. The summed E-state index contributed by atoms with van der Waals surface area (Å²) in [5.41, 5.74) is 9.45. The lowest BCUT2D eigenvalue weighted by molar-refractivity contribution is -0.0177. The van der Waals surface area contributed by atoms with Gasteiger partial charge in [0.25, 0.3) is 0 Å². The van der Waals surface area contributed by atoms with E-state index in [-0.39, 0.29) is 5.54 Å². The van der Waals surface area contributed by atoms with Gasteiger partial charge in [-0.1, -0.05) is 31.6 Å². The zero-order valence-corrected chi connectivity index (χ0v) is 14.7. The fourth-order valence-electron chi connectivity index (χ4n) is 5.98. The highest BCUT2D eigenvalue weighted by molar-refractivity contribution is 5.19. The van der Waals surface area contributed by atoms with Crippen molar-refractivity contribution in [2.75, 3.05) is 0 Å². The molecule has 0 saturated heterocycles. The van der Waals surface area contributed by atoms with Crippen LogP contribution in [0, 0.1) is 23.2 Å². The smallest absolute Gasteiger partial charge is 0.0222 e. The van der Waals surface area contributed by atoms with Crippen LogP contribution in [-0.4, -0.2) is 5.54 Å². The predicted octanol–water partition coefficient (Wildman–Crippen LogP) is 5.61. The third-order valence-corrected chi connectivity index (χ3v) is 7.68. The van der Waals surface area contributed by atoms with Gasteiger partial charge in [0, 0.05) is 5.54 Å². The lowest BCUT2D eigenvalue weighted by atomic mass is 9.51. The van der Waals surface area contributed by atoms with Crippen LogP contribution in [0.4, 0.5) is 0 Å². The van der Waals surface area contributed by atoms with Gasteiger partial charge in [0.1, 0.15) is 0 Å². The Labute approximate surface area is 137 Å². The third kappa shape index (κ3) is 2.60. The molecule has 3 rings (SSSR count). The molecule has 3 aliphatic carbocycles. The summed E-state index contributed by atoms with van der Waals surface area (Å²) < 4.78 is 0. The van der Waals surface area contributed by atoms with Crippen molar-refractivity contribution >= 4 is 0 Å². The summed E-state index contributed by atoms with van der Waals surface area (Å²) in [6, 6.07) is 0. The number of rotatable bonds is 4. The van der Waals surface area contributed by atoms with E-state index in [1.54, 1.807) is 5.57 Å². The summed E-state index contributed by atoms with van der Waals surface area (Å²) in [4.78, 5) is 0. The van der Waals surface area contributed by atoms with Gasteiger partial charge in [-0.15, -0.1) is 6.58 Å². The summed E-state index contributed by atoms with van der Waals surface area (Å²) in [6.07, 6.45) is 17.5. The van der Waals surface area contributed by atoms with Crippen molar-refractivity contribution in [1.29, 1.82) is 0 Å². The van der Waals surface area contributed by atoms with Crippen LogP contribution in [0.1, 0.15) is 78.1 Å². The predicted molar refractivity (Wildman–Crippen MR) is 95.6 cm³/mol. The molecule has 1 nitrogen and oxygen atoms in total. The highest BCUT2D eigenvalue weighted by Gasteiger charge is 2.58. The second kappa shape index (κ2) is 6.15. The molecule has 0 aliphatic heterocycles. The van der Waals surface area contributed by atoms with Crippen molar-refractivity contribution in [3.8, 4) is 0 Å². The Hall–Kier alpha value is -0.560. The van der Waals surface area contributed by atoms with Crippen molar-refractivity contribution in [3.05, 3.63) is 24.3 Å². The first-order valence-electron chi connectivity index (χ1n) is 9.58. The van der Waals surface area contributed by atoms with Gasteiger partial charge in [0.15, 0.2) is 0 Å². The minimum absolute atomic E-state index is 0.135. The minimum atomic E-state index is 0.135. The first kappa shape index (κ1) is 16.3. The normalized spacial score (nSPS) is 46.3. The minimum Gasteiger partial charge on any atom is -0.325 e. The fraction of sp³-hybridized carbons (Fsp3) is 0.810. The molecule has 0 bridgehead atoms. The number of fused-ring (bicyclic) bond motifs is 3. The molecule has 0 heterocycles. The SMILES string of the molecule is C=CCCC/C=C1/CCC2(N)C(CCC3(C)C(C)CCC32)C1. The van der Waals surface area contributed by atoms with Crippen molar-refractivity contribution in [2.45, 2.75) is 83.6 Å². The maximum absolute atomic E-state index is 7.10. The van der Waals surface area contributed by atoms with Gasteiger partial charge in [-0.3, -0.25) is 0 Å². The van der Waals surface area contributed by atoms with Crippen molar-refractivity contribution < 1.29 is 0 Å². The molecule has 0 aromatic heterocycles. The first-order valence-corrected chi connectivity index (χ1v) is 9.58. The molecule has 0 radical (unpaired) electrons. The van der Waals surface area contributed by atoms with Crippen LogP contribution in [-0.2, 0) is 0 Å². The topological polar surface area (TPSA) is 26.0 Å². The Bertz CT molecular complexity index is 451. The molecule has 0 aromatic carbocycles. The van der Waals surface area contributed by atoms with E-state index in [4.69, 9.17) is 5.73 Å². The van der Waals surface area contributed by atoms with E-state index in [1.807, 2.05) is 6.08 Å². The van der Waals surface area contributed by atoms with Crippen LogP contribution in [0.15, 0.2) is 24.3 Å². The zero-order chi connectivity index (χ0) is 15.8. The number of nitrogens with two attached hydrogens (primary N) is 1. The highest BCUT2D eigenvalue weighted by atomic mass is 14.8. The lowest BCUT2D eigenvalue weighted by Gasteiger charge is -2.57. The van der Waals surface area contributed by atoms with E-state index in [0.29, 0.717) is 5.41 Å². The number of allylic oxidation sites excluding steroid dienone is 3. The van der Waals surface area contributed by atoms with Crippen LogP contribution >= 0.6 is 0 Å². The molecule has 2 N–H and O–H groups in total. The Balaban J connectivity index is 1.69. The molecule has 22 heavy (non-hydrogen) atoms. The second-order valence-electron chi connectivity index (χ2n) is 8.67. The number of hydrogen-bond acceptors (Lipinski definition) is 1. The summed E-state index contributed by atoms with van der Waals surface area (Å²) in [7, 11) is 0. The molecule has 0 amide bonds. The van der Waals surface area contributed by atoms with E-state index in [2.05, 4.69) is 26.5 Å². The Morgan fingerprint density at radius 3 is 2.82 bits per heavy atom. The highest BCUT2D eigenvalue weighted by Crippen LogP contribution is 2.62. The first-order chi connectivity index (χ1) is 10.5. The van der Waals surface area contributed by atoms with E-state index in [0.717, 1.165) is 24.2 Å². The Kier molecular flexibility index (Phi) is 4.56. The van der Waals surface area contributed by atoms with Crippen LogP contribution in [0.3, 0.4) is 0 Å². The molecule has 1 heteroatoms. The van der Waals surface area contributed by atoms with Gasteiger partial charge >= 0.3 is 0 Å². The zero-order valence-electron chi connectivity index (χ0n) is 14.7. The quantitative estimate of drug-likeness (QED) is 0.530. The summed E-state index contributed by atoms with van der Waals surface area (Å²) in [5, 5.41) is 0. The molecule has 5 unspecified atom stereocenters. The van der Waals surface area contributed by atoms with Crippen molar-refractivity contribution in [1.82, 2.24) is 0 Å². The molecular formula is C21H35N. The van der Waals surface area contributed by atoms with E-state index >= 15 is 0 Å². The van der Waals surface area contributed by atoms with Gasteiger partial charge in [0.05, 0.1) is 0 Å². The van der Waals surface area contributed by atoms with Crippen LogP contribution < -0.4 is 5.73 Å². The molecule has 0 aromatic rings. The van der Waals surface area contributed by atoms with E-state index in [9.17, 15) is 0 Å². The summed E-state index contributed by atoms with van der Waals surface area (Å²) in [5.74, 6) is 2.39. The standard InChI is InChI=1S/C21H35N/c1-4-5-6-7-8-17-11-14-21(22)18(15-17)12-13-20(3)16(2)9-10-19(20)21/h4,8,16,18-19H,1,5-7,9-15,22H2,2-3H3/b17-8-. The van der Waals surface area contributed by atoms with Crippen molar-refractivity contribution in [3.63, 3.8) is 0 Å². The summed E-state index contributed by atoms with van der Waals surface area (Å²) in [6.45, 7) is 8.83. The maximum atomic E-state index is 7.10. The number of hydrogen-bond donors (Lipinski definition) is 1. The lowest BCUT2D eigenvalue weighted by Crippen LogP contribution is -2.61. The van der Waals surface area contributed by atoms with Gasteiger partial charge in [-0.05, 0) is 87.4 Å². The van der Waals surface area contributed by atoms with E-state index in [1.165, 1.54) is 57.8 Å². The molecule has 124 valence electrons. The van der Waals surface area contributed by atoms with E-state index < -0.39 is 0 Å². The monoisotopic (exact) mass is 301 g/mol. The molecule has 3 saturated carbocycles. The second-order valence-corrected chi connectivity index (χ2v) is 8.67. The summed E-state index contributed by atoms with van der Waals surface area (Å²) >= 11 is 0. The van der Waals surface area contributed by atoms with Crippen LogP contribution in [0.2, 0.25) is 0 Å². The third-order valence-electron chi connectivity index (χ3n) is 7.68. The Morgan fingerprint density at radius 2 is 2.05 bits per heavy atom. The molecule has 3 aliphatic rings. The van der Waals surface area contributed by atoms with Crippen LogP contribution in [0.25, 0.3) is 0 Å². The van der Waals surface area contributed by atoms with Gasteiger partial charge in [-0.2, -0.15) is 0 Å². The Morgan fingerprint density at radius 1 is 1.23 bits per heavy atom. The molecular weight excluding hydrogens is 266 g/mol.